The van der Waals surface area contributed by atoms with Gasteiger partial charge in [0.15, 0.2) is 23.4 Å². The minimum Gasteiger partial charge on any atom is -0.510 e. The van der Waals surface area contributed by atoms with E-state index in [1.807, 2.05) is 0 Å². The van der Waals surface area contributed by atoms with Crippen LogP contribution in [0.15, 0.2) is 39.5 Å². The first-order valence-electron chi connectivity index (χ1n) is 9.47. The zero-order valence-electron chi connectivity index (χ0n) is 16.0. The number of nitrogens with two attached hydrogens (primary N) is 3. The van der Waals surface area contributed by atoms with Gasteiger partial charge in [-0.25, -0.2) is 4.98 Å². The minimum absolute atomic E-state index is 0.0298. The van der Waals surface area contributed by atoms with Gasteiger partial charge in [-0.05, 0) is 30.4 Å². The number of Topliss-reactive ketones (excluding diaryl/α,β-unsaturated/α-hetero) is 2. The summed E-state index contributed by atoms with van der Waals surface area (Å²) in [5.41, 5.74) is 15.0. The van der Waals surface area contributed by atoms with Crippen LogP contribution in [0.2, 0.25) is 0 Å². The van der Waals surface area contributed by atoms with Crippen molar-refractivity contribution in [2.45, 2.75) is 24.5 Å². The van der Waals surface area contributed by atoms with Crippen LogP contribution in [-0.2, 0) is 16.0 Å². The number of oxazole rings is 1. The first kappa shape index (κ1) is 19.3. The number of fused-ring (bicyclic) bond motifs is 5. The number of rotatable bonds is 1. The molecule has 4 atom stereocenters. The number of allylic oxidation sites excluding steroid dienone is 1. The Balaban J connectivity index is 1.76. The molecule has 11 nitrogen and oxygen atoms in total. The summed E-state index contributed by atoms with van der Waals surface area (Å²) in [7, 11) is 0. The van der Waals surface area contributed by atoms with E-state index in [9.17, 15) is 29.7 Å². The van der Waals surface area contributed by atoms with Gasteiger partial charge in [0.2, 0.25) is 5.78 Å². The number of anilines is 1. The fourth-order valence-corrected chi connectivity index (χ4v) is 5.13. The van der Waals surface area contributed by atoms with Gasteiger partial charge >= 0.3 is 0 Å². The molecule has 1 aromatic heterocycles. The first-order valence-corrected chi connectivity index (χ1v) is 9.47. The predicted octanol–water partition coefficient (Wildman–Crippen LogP) is -0.464. The zero-order chi connectivity index (χ0) is 22.4. The third-order valence-corrected chi connectivity index (χ3v) is 6.61. The second-order valence-corrected chi connectivity index (χ2v) is 8.10. The van der Waals surface area contributed by atoms with Crippen molar-refractivity contribution < 1.29 is 34.1 Å². The molecule has 11 heteroatoms. The highest BCUT2D eigenvalue weighted by Crippen LogP contribution is 2.51. The fraction of sp³-hybridized carbons (Fsp3) is 0.300. The molecule has 0 spiro atoms. The summed E-state index contributed by atoms with van der Waals surface area (Å²) in [6.45, 7) is 0. The monoisotopic (exact) mass is 426 g/mol. The maximum absolute atomic E-state index is 13.4. The molecule has 31 heavy (non-hydrogen) atoms. The Bertz CT molecular complexity index is 1290. The summed E-state index contributed by atoms with van der Waals surface area (Å²) in [5.74, 6) is -6.79. The number of ketones is 2. The van der Waals surface area contributed by atoms with Crippen molar-refractivity contribution in [3.05, 3.63) is 46.3 Å². The van der Waals surface area contributed by atoms with Crippen LogP contribution in [0.4, 0.5) is 5.69 Å². The van der Waals surface area contributed by atoms with Gasteiger partial charge in [-0.3, -0.25) is 14.4 Å². The number of amides is 1. The highest BCUT2D eigenvalue weighted by atomic mass is 16.4. The zero-order valence-corrected chi connectivity index (χ0v) is 16.0. The van der Waals surface area contributed by atoms with E-state index in [2.05, 4.69) is 4.98 Å². The van der Waals surface area contributed by atoms with E-state index in [1.54, 1.807) is 6.07 Å². The standard InChI is InChI=1S/C20H18N4O7/c21-8-3-9-16(31-4-24-9)11-6(8)1-5-2-7-13(22)15(26)12(19(23)29)18(28)20(7,30)17(27)10(5)14(11)25/h3-5,7,13,26-27,30H,1-2,21-22H2,(H2,23,29)/t5-,7-,13?,20-/m0/s1. The third kappa shape index (κ3) is 2.19. The van der Waals surface area contributed by atoms with E-state index in [0.717, 1.165) is 6.39 Å². The number of aliphatic hydroxyl groups is 3. The summed E-state index contributed by atoms with van der Waals surface area (Å²) in [5, 5.41) is 32.6. The van der Waals surface area contributed by atoms with E-state index in [-0.39, 0.29) is 29.6 Å². The second-order valence-electron chi connectivity index (χ2n) is 8.10. The van der Waals surface area contributed by atoms with Crippen molar-refractivity contribution in [2.24, 2.45) is 23.3 Å². The Kier molecular flexibility index (Phi) is 3.68. The molecule has 0 radical (unpaired) electrons. The van der Waals surface area contributed by atoms with Gasteiger partial charge in [0.1, 0.15) is 22.6 Å². The highest BCUT2D eigenvalue weighted by Gasteiger charge is 2.62. The summed E-state index contributed by atoms with van der Waals surface area (Å²) in [6.07, 6.45) is 1.32. The molecule has 160 valence electrons. The summed E-state index contributed by atoms with van der Waals surface area (Å²) < 4.78 is 5.35. The predicted molar refractivity (Wildman–Crippen MR) is 104 cm³/mol. The molecule has 1 unspecified atom stereocenters. The van der Waals surface area contributed by atoms with Crippen LogP contribution in [-0.4, -0.2) is 49.4 Å². The molecule has 9 N–H and O–H groups in total. The fourth-order valence-electron chi connectivity index (χ4n) is 5.13. The van der Waals surface area contributed by atoms with Gasteiger partial charge in [0.25, 0.3) is 5.91 Å². The lowest BCUT2D eigenvalue weighted by atomic mass is 9.59. The molecule has 3 aliphatic rings. The Morgan fingerprint density at radius 3 is 2.68 bits per heavy atom. The van der Waals surface area contributed by atoms with Crippen LogP contribution in [0.5, 0.6) is 0 Å². The van der Waals surface area contributed by atoms with E-state index in [1.165, 1.54) is 0 Å². The lowest BCUT2D eigenvalue weighted by Gasteiger charge is -2.47. The molecule has 0 aliphatic heterocycles. The van der Waals surface area contributed by atoms with E-state index in [4.69, 9.17) is 21.6 Å². The Morgan fingerprint density at radius 2 is 2.00 bits per heavy atom. The van der Waals surface area contributed by atoms with E-state index in [0.29, 0.717) is 16.8 Å². The average Bonchev–Trinajstić information content (AvgIpc) is 3.16. The van der Waals surface area contributed by atoms with Crippen LogP contribution in [0.3, 0.4) is 0 Å². The van der Waals surface area contributed by atoms with Crippen LogP contribution in [0.25, 0.3) is 11.1 Å². The number of carbonyl (C=O) groups excluding carboxylic acids is 3. The SMILES string of the molecule is NC(=O)C1=C(O)C(N)[C@@H]2C[C@@H]3Cc4c(N)cc5ncoc5c4C(=O)C3=C(O)[C@]2(O)C1=O. The number of aliphatic hydroxyl groups excluding tert-OH is 2. The second kappa shape index (κ2) is 5.93. The van der Waals surface area contributed by atoms with Crippen molar-refractivity contribution in [1.82, 2.24) is 4.98 Å². The largest absolute Gasteiger partial charge is 0.510 e. The minimum atomic E-state index is -2.68. The Labute approximate surface area is 173 Å². The van der Waals surface area contributed by atoms with E-state index < -0.39 is 58.0 Å². The van der Waals surface area contributed by atoms with Crippen LogP contribution in [0.1, 0.15) is 22.3 Å². The van der Waals surface area contributed by atoms with Gasteiger partial charge in [-0.1, -0.05) is 0 Å². The highest BCUT2D eigenvalue weighted by molar-refractivity contribution is 6.25. The third-order valence-electron chi connectivity index (χ3n) is 6.61. The Morgan fingerprint density at radius 1 is 1.29 bits per heavy atom. The van der Waals surface area contributed by atoms with Crippen molar-refractivity contribution in [3.8, 4) is 0 Å². The lowest BCUT2D eigenvalue weighted by Crippen LogP contribution is -2.63. The van der Waals surface area contributed by atoms with Crippen molar-refractivity contribution in [3.63, 3.8) is 0 Å². The van der Waals surface area contributed by atoms with E-state index >= 15 is 0 Å². The number of hydrogen-bond acceptors (Lipinski definition) is 10. The molecule has 0 saturated heterocycles. The molecule has 1 heterocycles. The number of benzene rings is 1. The number of carbonyl (C=O) groups is 3. The molecule has 0 saturated carbocycles. The molecule has 0 bridgehead atoms. The number of primary amides is 1. The molecular formula is C20H18N4O7. The number of nitrogen functional groups attached to an aromatic ring is 1. The molecule has 1 aromatic carbocycles. The quantitative estimate of drug-likeness (QED) is 0.254. The smallest absolute Gasteiger partial charge is 0.255 e. The van der Waals surface area contributed by atoms with Gasteiger partial charge < -0.3 is 36.9 Å². The first-order chi connectivity index (χ1) is 14.6. The number of hydrogen-bond donors (Lipinski definition) is 6. The Hall–Kier alpha value is -3.70. The topological polar surface area (TPSA) is 216 Å². The van der Waals surface area contributed by atoms with Gasteiger partial charge in [0.05, 0.1) is 11.6 Å². The van der Waals surface area contributed by atoms with Crippen molar-refractivity contribution >= 4 is 34.3 Å². The maximum atomic E-state index is 13.4. The maximum Gasteiger partial charge on any atom is 0.255 e. The summed E-state index contributed by atoms with van der Waals surface area (Å²) in [4.78, 5) is 42.1. The summed E-state index contributed by atoms with van der Waals surface area (Å²) >= 11 is 0. The molecule has 2 aromatic rings. The molecule has 1 amide bonds. The van der Waals surface area contributed by atoms with Gasteiger partial charge in [0, 0.05) is 17.2 Å². The number of nitrogens with zero attached hydrogens (tertiary/aromatic N) is 1. The van der Waals surface area contributed by atoms with Crippen LogP contribution >= 0.6 is 0 Å². The average molecular weight is 426 g/mol. The molecule has 5 rings (SSSR count). The number of aromatic nitrogens is 1. The van der Waals surface area contributed by atoms with Crippen LogP contribution in [0, 0.1) is 11.8 Å². The van der Waals surface area contributed by atoms with Gasteiger partial charge in [-0.2, -0.15) is 0 Å². The molecular weight excluding hydrogens is 408 g/mol. The van der Waals surface area contributed by atoms with Crippen LogP contribution < -0.4 is 17.2 Å². The molecule has 0 fully saturated rings. The lowest BCUT2D eigenvalue weighted by molar-refractivity contribution is -0.145. The summed E-state index contributed by atoms with van der Waals surface area (Å²) in [6, 6.07) is 0.210. The van der Waals surface area contributed by atoms with Crippen molar-refractivity contribution in [1.29, 1.82) is 0 Å². The molecule has 3 aliphatic carbocycles. The van der Waals surface area contributed by atoms with Crippen molar-refractivity contribution in [2.75, 3.05) is 5.73 Å². The van der Waals surface area contributed by atoms with Gasteiger partial charge in [-0.15, -0.1) is 0 Å². The normalized spacial score (nSPS) is 30.3.